The number of rotatable bonds is 6. The molecule has 27 heavy (non-hydrogen) atoms. The van der Waals surface area contributed by atoms with Gasteiger partial charge in [-0.1, -0.05) is 43.7 Å². The van der Waals surface area contributed by atoms with Gasteiger partial charge in [-0.3, -0.25) is 9.48 Å². The van der Waals surface area contributed by atoms with Gasteiger partial charge in [0.1, 0.15) is 6.04 Å². The lowest BCUT2D eigenvalue weighted by Gasteiger charge is -2.15. The fraction of sp³-hybridized carbons (Fsp3) is 0.300. The molecule has 0 fully saturated rings. The van der Waals surface area contributed by atoms with E-state index < -0.39 is 17.9 Å². The maximum atomic E-state index is 13.0. The minimum Gasteiger partial charge on any atom is -0.480 e. The van der Waals surface area contributed by atoms with Crippen LogP contribution in [0.25, 0.3) is 22.3 Å². The number of benzene rings is 1. The lowest BCUT2D eigenvalue weighted by atomic mass is 10.0. The molecule has 140 valence electrons. The number of carboxylic acid groups (broad SMARTS) is 1. The highest BCUT2D eigenvalue weighted by atomic mass is 16.4. The molecular weight excluding hydrogens is 344 g/mol. The Kier molecular flexibility index (Phi) is 5.21. The van der Waals surface area contributed by atoms with Gasteiger partial charge in [0.25, 0.3) is 5.91 Å². The zero-order chi connectivity index (χ0) is 19.6. The van der Waals surface area contributed by atoms with Gasteiger partial charge in [-0.05, 0) is 19.4 Å². The van der Waals surface area contributed by atoms with Crippen LogP contribution in [-0.2, 0) is 11.8 Å². The second kappa shape index (κ2) is 7.57. The molecule has 3 aromatic rings. The Hall–Kier alpha value is -3.22. The van der Waals surface area contributed by atoms with Crippen LogP contribution in [-0.4, -0.2) is 37.8 Å². The third kappa shape index (κ3) is 3.67. The molecule has 0 saturated carbocycles. The number of nitrogens with zero attached hydrogens (tertiary/aromatic N) is 3. The number of aromatic nitrogens is 3. The maximum Gasteiger partial charge on any atom is 0.326 e. The van der Waals surface area contributed by atoms with Crippen molar-refractivity contribution in [3.8, 4) is 11.3 Å². The van der Waals surface area contributed by atoms with Crippen molar-refractivity contribution in [1.29, 1.82) is 0 Å². The molecule has 7 heteroatoms. The molecule has 1 amide bonds. The van der Waals surface area contributed by atoms with Crippen LogP contribution in [0.2, 0.25) is 0 Å². The third-order valence-corrected chi connectivity index (χ3v) is 4.46. The Labute approximate surface area is 157 Å². The molecule has 3 rings (SSSR count). The summed E-state index contributed by atoms with van der Waals surface area (Å²) in [6, 6.07) is 10.3. The van der Waals surface area contributed by atoms with Gasteiger partial charge in [0, 0.05) is 12.6 Å². The Morgan fingerprint density at radius 1 is 1.26 bits per heavy atom. The molecule has 2 aromatic heterocycles. The first-order chi connectivity index (χ1) is 12.9. The number of carbonyl (C=O) groups is 2. The van der Waals surface area contributed by atoms with E-state index in [0.29, 0.717) is 40.8 Å². The van der Waals surface area contributed by atoms with Crippen LogP contribution >= 0.6 is 0 Å². The highest BCUT2D eigenvalue weighted by molar-refractivity contribution is 6.08. The zero-order valence-electron chi connectivity index (χ0n) is 15.6. The van der Waals surface area contributed by atoms with E-state index >= 15 is 0 Å². The lowest BCUT2D eigenvalue weighted by Crippen LogP contribution is -2.40. The molecule has 0 aliphatic carbocycles. The predicted molar refractivity (Wildman–Crippen MR) is 102 cm³/mol. The van der Waals surface area contributed by atoms with Crippen molar-refractivity contribution < 1.29 is 14.7 Å². The standard InChI is InChI=1S/C20H22N4O3/c1-4-8-15(20(26)27)22-19(25)14-11-16(13-9-6-5-7-10-13)21-18-17(14)12(2)23-24(18)3/h5-7,9-11,15H,4,8H2,1-3H3,(H,22,25)(H,26,27). The van der Waals surface area contributed by atoms with Crippen LogP contribution in [0.15, 0.2) is 36.4 Å². The Bertz CT molecular complexity index is 995. The third-order valence-electron chi connectivity index (χ3n) is 4.46. The van der Waals surface area contributed by atoms with Crippen molar-refractivity contribution in [1.82, 2.24) is 20.1 Å². The molecule has 1 aromatic carbocycles. The highest BCUT2D eigenvalue weighted by Gasteiger charge is 2.24. The van der Waals surface area contributed by atoms with Crippen molar-refractivity contribution in [2.24, 2.45) is 7.05 Å². The topological polar surface area (TPSA) is 97.1 Å². The van der Waals surface area contributed by atoms with E-state index in [9.17, 15) is 14.7 Å². The van der Waals surface area contributed by atoms with E-state index in [1.807, 2.05) is 44.2 Å². The fourth-order valence-corrected chi connectivity index (χ4v) is 3.16. The maximum absolute atomic E-state index is 13.0. The van der Waals surface area contributed by atoms with E-state index in [4.69, 9.17) is 0 Å². The summed E-state index contributed by atoms with van der Waals surface area (Å²) in [6.07, 6.45) is 1.02. The summed E-state index contributed by atoms with van der Waals surface area (Å²) >= 11 is 0. The van der Waals surface area contributed by atoms with Crippen LogP contribution in [0, 0.1) is 6.92 Å². The van der Waals surface area contributed by atoms with Gasteiger partial charge < -0.3 is 10.4 Å². The highest BCUT2D eigenvalue weighted by Crippen LogP contribution is 2.26. The molecule has 0 bridgehead atoms. The number of amides is 1. The summed E-state index contributed by atoms with van der Waals surface area (Å²) < 4.78 is 1.63. The summed E-state index contributed by atoms with van der Waals surface area (Å²) in [5, 5.41) is 17.0. The second-order valence-corrected chi connectivity index (χ2v) is 6.48. The fourth-order valence-electron chi connectivity index (χ4n) is 3.16. The van der Waals surface area contributed by atoms with E-state index in [0.717, 1.165) is 5.56 Å². The Morgan fingerprint density at radius 3 is 2.59 bits per heavy atom. The summed E-state index contributed by atoms with van der Waals surface area (Å²) in [5.74, 6) is -1.47. The van der Waals surface area contributed by atoms with Crippen LogP contribution < -0.4 is 5.32 Å². The van der Waals surface area contributed by atoms with Crippen LogP contribution in [0.3, 0.4) is 0 Å². The van der Waals surface area contributed by atoms with Crippen molar-refractivity contribution in [3.05, 3.63) is 47.7 Å². The average Bonchev–Trinajstić information content (AvgIpc) is 2.95. The number of carbonyl (C=O) groups excluding carboxylic acids is 1. The second-order valence-electron chi connectivity index (χ2n) is 6.48. The number of fused-ring (bicyclic) bond motifs is 1. The number of aryl methyl sites for hydroxylation is 2. The lowest BCUT2D eigenvalue weighted by molar-refractivity contribution is -0.139. The van der Waals surface area contributed by atoms with E-state index in [2.05, 4.69) is 15.4 Å². The van der Waals surface area contributed by atoms with Gasteiger partial charge in [0.05, 0.1) is 22.3 Å². The zero-order valence-corrected chi connectivity index (χ0v) is 15.6. The monoisotopic (exact) mass is 366 g/mol. The van der Waals surface area contributed by atoms with Gasteiger partial charge in [-0.25, -0.2) is 9.78 Å². The van der Waals surface area contributed by atoms with Crippen LogP contribution in [0.5, 0.6) is 0 Å². The van der Waals surface area contributed by atoms with Gasteiger partial charge >= 0.3 is 5.97 Å². The molecule has 1 unspecified atom stereocenters. The minimum atomic E-state index is -1.04. The first kappa shape index (κ1) is 18.6. The number of pyridine rings is 1. The molecule has 2 N–H and O–H groups in total. The normalized spacial score (nSPS) is 12.1. The smallest absolute Gasteiger partial charge is 0.326 e. The number of nitrogens with one attached hydrogen (secondary N) is 1. The molecule has 0 aliphatic heterocycles. The van der Waals surface area contributed by atoms with E-state index in [-0.39, 0.29) is 0 Å². The molecule has 0 spiro atoms. The molecule has 0 aliphatic rings. The van der Waals surface area contributed by atoms with Gasteiger partial charge in [-0.15, -0.1) is 0 Å². The van der Waals surface area contributed by atoms with E-state index in [1.54, 1.807) is 17.8 Å². The van der Waals surface area contributed by atoms with Crippen LogP contribution in [0.4, 0.5) is 0 Å². The van der Waals surface area contributed by atoms with Crippen molar-refractivity contribution >= 4 is 22.9 Å². The van der Waals surface area contributed by atoms with Crippen molar-refractivity contribution in [2.75, 3.05) is 0 Å². The van der Waals surface area contributed by atoms with Crippen molar-refractivity contribution in [2.45, 2.75) is 32.7 Å². The first-order valence-corrected chi connectivity index (χ1v) is 8.85. The van der Waals surface area contributed by atoms with Crippen LogP contribution in [0.1, 0.15) is 35.8 Å². The number of carboxylic acids is 1. The molecular formula is C20H22N4O3. The molecule has 2 heterocycles. The first-order valence-electron chi connectivity index (χ1n) is 8.85. The Morgan fingerprint density at radius 2 is 1.96 bits per heavy atom. The molecule has 1 atom stereocenters. The van der Waals surface area contributed by atoms with Gasteiger partial charge in [0.15, 0.2) is 5.65 Å². The molecule has 7 nitrogen and oxygen atoms in total. The molecule has 0 saturated heterocycles. The largest absolute Gasteiger partial charge is 0.480 e. The summed E-state index contributed by atoms with van der Waals surface area (Å²) in [6.45, 7) is 3.69. The van der Waals surface area contributed by atoms with Crippen molar-refractivity contribution in [3.63, 3.8) is 0 Å². The van der Waals surface area contributed by atoms with E-state index in [1.165, 1.54) is 0 Å². The SMILES string of the molecule is CCCC(NC(=O)c1cc(-c2ccccc2)nc2c1c(C)nn2C)C(=O)O. The average molecular weight is 366 g/mol. The quantitative estimate of drug-likeness (QED) is 0.699. The van der Waals surface area contributed by atoms with Gasteiger partial charge in [-0.2, -0.15) is 5.10 Å². The number of aliphatic carboxylic acids is 1. The van der Waals surface area contributed by atoms with Gasteiger partial charge in [0.2, 0.25) is 0 Å². The summed E-state index contributed by atoms with van der Waals surface area (Å²) in [4.78, 5) is 29.1. The summed E-state index contributed by atoms with van der Waals surface area (Å²) in [5.41, 5.74) is 3.15. The molecule has 0 radical (unpaired) electrons. The summed E-state index contributed by atoms with van der Waals surface area (Å²) in [7, 11) is 1.77. The number of hydrogen-bond donors (Lipinski definition) is 2. The number of hydrogen-bond acceptors (Lipinski definition) is 4. The Balaban J connectivity index is 2.12. The minimum absolute atomic E-state index is 0.368. The predicted octanol–water partition coefficient (Wildman–Crippen LogP) is 2.93.